The van der Waals surface area contributed by atoms with Crippen LogP contribution in [0.4, 0.5) is 0 Å². The number of hydrogen-bond acceptors (Lipinski definition) is 4. The summed E-state index contributed by atoms with van der Waals surface area (Å²) in [5.41, 5.74) is 0. The Bertz CT molecular complexity index is 441. The smallest absolute Gasteiger partial charge is 0.260 e. The van der Waals surface area contributed by atoms with Crippen LogP contribution in [0.5, 0.6) is 0 Å². The van der Waals surface area contributed by atoms with Crippen molar-refractivity contribution in [2.45, 2.75) is 24.9 Å². The van der Waals surface area contributed by atoms with E-state index >= 15 is 0 Å². The van der Waals surface area contributed by atoms with E-state index in [1.165, 1.54) is 10.5 Å². The summed E-state index contributed by atoms with van der Waals surface area (Å²) in [5, 5.41) is 0.153. The molecule has 1 aromatic heterocycles. The third kappa shape index (κ3) is 2.78. The lowest BCUT2D eigenvalue weighted by Crippen LogP contribution is -2.36. The van der Waals surface area contributed by atoms with Crippen LogP contribution in [0, 0.1) is 6.92 Å². The minimum Gasteiger partial charge on any atom is -0.332 e. The van der Waals surface area contributed by atoms with Gasteiger partial charge in [0.2, 0.25) is 0 Å². The van der Waals surface area contributed by atoms with Gasteiger partial charge in [0.15, 0.2) is 5.03 Å². The predicted molar refractivity (Wildman–Crippen MR) is 66.1 cm³/mol. The molecule has 0 aromatic carbocycles. The quantitative estimate of drug-likeness (QED) is 0.863. The first-order chi connectivity index (χ1) is 7.39. The Hall–Kier alpha value is -0.530. The van der Waals surface area contributed by atoms with E-state index in [0.717, 1.165) is 5.75 Å². The predicted octanol–water partition coefficient (Wildman–Crippen LogP) is 1.09. The van der Waals surface area contributed by atoms with Crippen molar-refractivity contribution in [2.75, 3.05) is 19.1 Å². The van der Waals surface area contributed by atoms with Gasteiger partial charge in [0.1, 0.15) is 5.82 Å². The summed E-state index contributed by atoms with van der Waals surface area (Å²) in [7, 11) is -1.85. The number of imidazole rings is 1. The van der Waals surface area contributed by atoms with Gasteiger partial charge < -0.3 is 4.98 Å². The molecule has 0 saturated heterocycles. The fourth-order valence-electron chi connectivity index (χ4n) is 1.27. The molecule has 16 heavy (non-hydrogen) atoms. The average Bonchev–Trinajstić information content (AvgIpc) is 2.64. The molecule has 1 aromatic rings. The highest BCUT2D eigenvalue weighted by Crippen LogP contribution is 2.15. The van der Waals surface area contributed by atoms with Crippen LogP contribution < -0.4 is 0 Å². The Balaban J connectivity index is 2.94. The summed E-state index contributed by atoms with van der Waals surface area (Å²) in [6, 6.07) is -0.0383. The highest BCUT2D eigenvalue weighted by atomic mass is 32.2. The summed E-state index contributed by atoms with van der Waals surface area (Å²) in [4.78, 5) is 6.65. The molecular formula is C9H17N3O2S2. The lowest BCUT2D eigenvalue weighted by molar-refractivity contribution is 0.413. The third-order valence-electron chi connectivity index (χ3n) is 2.37. The Labute approximate surface area is 101 Å². The van der Waals surface area contributed by atoms with E-state index in [-0.39, 0.29) is 11.1 Å². The van der Waals surface area contributed by atoms with Gasteiger partial charge in [-0.3, -0.25) is 0 Å². The van der Waals surface area contributed by atoms with Crippen molar-refractivity contribution in [1.82, 2.24) is 14.3 Å². The molecule has 0 saturated carbocycles. The molecule has 0 fully saturated rings. The number of hydrogen-bond donors (Lipinski definition) is 1. The van der Waals surface area contributed by atoms with Crippen molar-refractivity contribution >= 4 is 21.8 Å². The van der Waals surface area contributed by atoms with Gasteiger partial charge in [0, 0.05) is 18.8 Å². The van der Waals surface area contributed by atoms with Gasteiger partial charge in [-0.05, 0) is 20.1 Å². The van der Waals surface area contributed by atoms with E-state index in [9.17, 15) is 8.42 Å². The molecule has 0 bridgehead atoms. The van der Waals surface area contributed by atoms with Gasteiger partial charge in [-0.25, -0.2) is 13.4 Å². The molecule has 7 heteroatoms. The molecule has 1 atom stereocenters. The topological polar surface area (TPSA) is 66.1 Å². The molecule has 92 valence electrons. The maximum absolute atomic E-state index is 12.1. The number of thioether (sulfide) groups is 1. The summed E-state index contributed by atoms with van der Waals surface area (Å²) in [6.45, 7) is 3.61. The van der Waals surface area contributed by atoms with Gasteiger partial charge in [0.25, 0.3) is 10.0 Å². The molecule has 0 aliphatic heterocycles. The second-order valence-corrected chi connectivity index (χ2v) is 6.54. The number of nitrogens with one attached hydrogen (secondary N) is 1. The zero-order chi connectivity index (χ0) is 12.3. The number of nitrogens with zero attached hydrogens (tertiary/aromatic N) is 2. The second kappa shape index (κ2) is 5.20. The number of sulfonamides is 1. The first-order valence-electron chi connectivity index (χ1n) is 4.88. The van der Waals surface area contributed by atoms with Crippen LogP contribution in [-0.4, -0.2) is 47.8 Å². The monoisotopic (exact) mass is 263 g/mol. The Kier molecular flexibility index (Phi) is 4.40. The lowest BCUT2D eigenvalue weighted by Gasteiger charge is -2.22. The summed E-state index contributed by atoms with van der Waals surface area (Å²) in [5.74, 6) is 1.37. The standard InChI is InChI=1S/C9H17N3O2S2/c1-7(6-15-4)12(3)16(13,14)9-5-10-8(2)11-9/h5,7H,6H2,1-4H3,(H,10,11). The van der Waals surface area contributed by atoms with E-state index in [1.807, 2.05) is 13.2 Å². The zero-order valence-corrected chi connectivity index (χ0v) is 11.5. The van der Waals surface area contributed by atoms with Crippen molar-refractivity contribution in [3.63, 3.8) is 0 Å². The van der Waals surface area contributed by atoms with Crippen LogP contribution in [0.3, 0.4) is 0 Å². The number of aryl methyl sites for hydroxylation is 1. The molecule has 0 amide bonds. The minimum absolute atomic E-state index is 0.0383. The van der Waals surface area contributed by atoms with Crippen LogP contribution in [0.1, 0.15) is 12.7 Å². The molecule has 1 unspecified atom stereocenters. The lowest BCUT2D eigenvalue weighted by atomic mass is 10.4. The molecule has 0 radical (unpaired) electrons. The minimum atomic E-state index is -3.44. The molecule has 0 spiro atoms. The SMILES string of the molecule is CSCC(C)N(C)S(=O)(=O)c1cnc(C)[nH]1. The maximum atomic E-state index is 12.1. The van der Waals surface area contributed by atoms with Crippen LogP contribution in [-0.2, 0) is 10.0 Å². The molecule has 1 N–H and O–H groups in total. The average molecular weight is 263 g/mol. The molecule has 0 aliphatic carbocycles. The molecule has 1 heterocycles. The van der Waals surface area contributed by atoms with Crippen LogP contribution in [0.2, 0.25) is 0 Å². The van der Waals surface area contributed by atoms with Crippen molar-refractivity contribution in [3.05, 3.63) is 12.0 Å². The van der Waals surface area contributed by atoms with Crippen LogP contribution in [0.25, 0.3) is 0 Å². The normalized spacial score (nSPS) is 14.3. The van der Waals surface area contributed by atoms with E-state index in [0.29, 0.717) is 5.82 Å². The van der Waals surface area contributed by atoms with Gasteiger partial charge in [0.05, 0.1) is 6.20 Å². The van der Waals surface area contributed by atoms with Crippen molar-refractivity contribution in [3.8, 4) is 0 Å². The fourth-order valence-corrected chi connectivity index (χ4v) is 3.39. The number of aromatic amines is 1. The van der Waals surface area contributed by atoms with Gasteiger partial charge >= 0.3 is 0 Å². The number of aromatic nitrogens is 2. The summed E-state index contributed by atoms with van der Waals surface area (Å²) in [6.07, 6.45) is 3.31. The van der Waals surface area contributed by atoms with Gasteiger partial charge in [-0.2, -0.15) is 16.1 Å². The van der Waals surface area contributed by atoms with E-state index in [4.69, 9.17) is 0 Å². The van der Waals surface area contributed by atoms with Crippen LogP contribution >= 0.6 is 11.8 Å². The highest BCUT2D eigenvalue weighted by Gasteiger charge is 2.26. The van der Waals surface area contributed by atoms with E-state index in [2.05, 4.69) is 9.97 Å². The maximum Gasteiger partial charge on any atom is 0.260 e. The van der Waals surface area contributed by atoms with Gasteiger partial charge in [-0.1, -0.05) is 0 Å². The van der Waals surface area contributed by atoms with Crippen molar-refractivity contribution in [2.24, 2.45) is 0 Å². The second-order valence-electron chi connectivity index (χ2n) is 3.66. The van der Waals surface area contributed by atoms with E-state index < -0.39 is 10.0 Å². The zero-order valence-electron chi connectivity index (χ0n) is 9.89. The number of H-pyrrole nitrogens is 1. The van der Waals surface area contributed by atoms with Crippen molar-refractivity contribution in [1.29, 1.82) is 0 Å². The largest absolute Gasteiger partial charge is 0.332 e. The molecule has 5 nitrogen and oxygen atoms in total. The highest BCUT2D eigenvalue weighted by molar-refractivity contribution is 7.98. The Morgan fingerprint density at radius 2 is 2.25 bits per heavy atom. The molecular weight excluding hydrogens is 246 g/mol. The fraction of sp³-hybridized carbons (Fsp3) is 0.667. The Morgan fingerprint density at radius 3 is 2.69 bits per heavy atom. The van der Waals surface area contributed by atoms with E-state index in [1.54, 1.807) is 25.7 Å². The molecule has 1 rings (SSSR count). The number of rotatable bonds is 5. The van der Waals surface area contributed by atoms with Crippen LogP contribution in [0.15, 0.2) is 11.2 Å². The first kappa shape index (κ1) is 13.5. The third-order valence-corrected chi connectivity index (χ3v) is 5.06. The van der Waals surface area contributed by atoms with Crippen molar-refractivity contribution < 1.29 is 8.42 Å². The first-order valence-corrected chi connectivity index (χ1v) is 7.71. The summed E-state index contributed by atoms with van der Waals surface area (Å²) >= 11 is 1.62. The Morgan fingerprint density at radius 1 is 1.62 bits per heavy atom. The summed E-state index contributed by atoms with van der Waals surface area (Å²) < 4.78 is 25.6. The van der Waals surface area contributed by atoms with Gasteiger partial charge in [-0.15, -0.1) is 0 Å². The molecule has 0 aliphatic rings.